The van der Waals surface area contributed by atoms with Gasteiger partial charge in [0.2, 0.25) is 0 Å². The SMILES string of the molecule is Cc1ccc(C(=O)c2ccccc2C(=O)NCCOCC(=O)O)cc1C. The molecule has 0 aromatic heterocycles. The third-order valence-electron chi connectivity index (χ3n) is 3.94. The van der Waals surface area contributed by atoms with Gasteiger partial charge >= 0.3 is 5.97 Å². The van der Waals surface area contributed by atoms with Gasteiger partial charge < -0.3 is 15.2 Å². The third kappa shape index (κ3) is 5.00. The van der Waals surface area contributed by atoms with E-state index in [0.29, 0.717) is 11.1 Å². The molecule has 0 radical (unpaired) electrons. The Hall–Kier alpha value is -2.99. The van der Waals surface area contributed by atoms with Gasteiger partial charge in [0.05, 0.1) is 12.2 Å². The summed E-state index contributed by atoms with van der Waals surface area (Å²) in [5.74, 6) is -1.70. The van der Waals surface area contributed by atoms with Crippen LogP contribution in [0.15, 0.2) is 42.5 Å². The summed E-state index contributed by atoms with van der Waals surface area (Å²) in [5.41, 5.74) is 3.22. The molecule has 0 saturated carbocycles. The van der Waals surface area contributed by atoms with Gasteiger partial charge in [-0.3, -0.25) is 9.59 Å². The van der Waals surface area contributed by atoms with Crippen LogP contribution >= 0.6 is 0 Å². The van der Waals surface area contributed by atoms with Gasteiger partial charge in [0.25, 0.3) is 5.91 Å². The lowest BCUT2D eigenvalue weighted by Crippen LogP contribution is -2.29. The van der Waals surface area contributed by atoms with Gasteiger partial charge in [-0.05, 0) is 37.1 Å². The maximum atomic E-state index is 12.8. The van der Waals surface area contributed by atoms with Gasteiger partial charge in [-0.2, -0.15) is 0 Å². The van der Waals surface area contributed by atoms with Crippen molar-refractivity contribution < 1.29 is 24.2 Å². The molecule has 2 rings (SSSR count). The molecule has 0 spiro atoms. The summed E-state index contributed by atoms with van der Waals surface area (Å²) >= 11 is 0. The summed E-state index contributed by atoms with van der Waals surface area (Å²) in [6, 6.07) is 12.0. The number of aliphatic carboxylic acids is 1. The fourth-order valence-corrected chi connectivity index (χ4v) is 2.41. The highest BCUT2D eigenvalue weighted by molar-refractivity contribution is 6.15. The zero-order chi connectivity index (χ0) is 19.1. The van der Waals surface area contributed by atoms with Crippen LogP contribution in [0.2, 0.25) is 0 Å². The molecule has 2 N–H and O–H groups in total. The molecule has 0 fully saturated rings. The lowest BCUT2D eigenvalue weighted by molar-refractivity contribution is -0.142. The predicted molar refractivity (Wildman–Crippen MR) is 96.6 cm³/mol. The van der Waals surface area contributed by atoms with E-state index in [1.54, 1.807) is 30.3 Å². The van der Waals surface area contributed by atoms with Crippen LogP contribution in [0.4, 0.5) is 0 Å². The van der Waals surface area contributed by atoms with Crippen molar-refractivity contribution in [3.05, 3.63) is 70.3 Å². The number of carbonyl (C=O) groups excluding carboxylic acids is 2. The topological polar surface area (TPSA) is 92.7 Å². The Morgan fingerprint density at radius 3 is 2.35 bits per heavy atom. The smallest absolute Gasteiger partial charge is 0.329 e. The highest BCUT2D eigenvalue weighted by Crippen LogP contribution is 2.17. The predicted octanol–water partition coefficient (Wildman–Crippen LogP) is 2.37. The van der Waals surface area contributed by atoms with Crippen LogP contribution in [-0.4, -0.2) is 42.5 Å². The third-order valence-corrected chi connectivity index (χ3v) is 3.94. The summed E-state index contributed by atoms with van der Waals surface area (Å²) in [5, 5.41) is 11.1. The minimum atomic E-state index is -1.07. The van der Waals surface area contributed by atoms with Gasteiger partial charge in [0.1, 0.15) is 6.61 Å². The molecule has 0 bridgehead atoms. The lowest BCUT2D eigenvalue weighted by atomic mass is 9.95. The largest absolute Gasteiger partial charge is 0.480 e. The van der Waals surface area contributed by atoms with Crippen LogP contribution in [-0.2, 0) is 9.53 Å². The number of nitrogens with one attached hydrogen (secondary N) is 1. The number of carbonyl (C=O) groups is 3. The first-order chi connectivity index (χ1) is 12.4. The number of carboxylic acids is 1. The van der Waals surface area contributed by atoms with Crippen molar-refractivity contribution in [3.63, 3.8) is 0 Å². The summed E-state index contributed by atoms with van der Waals surface area (Å²) in [6.45, 7) is 3.71. The first kappa shape index (κ1) is 19.3. The average Bonchev–Trinajstić information content (AvgIpc) is 2.62. The lowest BCUT2D eigenvalue weighted by Gasteiger charge is -2.10. The molecule has 0 heterocycles. The Bertz CT molecular complexity index is 829. The number of rotatable bonds is 8. The van der Waals surface area contributed by atoms with E-state index in [2.05, 4.69) is 5.32 Å². The first-order valence-electron chi connectivity index (χ1n) is 8.19. The van der Waals surface area contributed by atoms with Gasteiger partial charge in [-0.25, -0.2) is 4.79 Å². The summed E-state index contributed by atoms with van der Waals surface area (Å²) in [4.78, 5) is 35.6. The van der Waals surface area contributed by atoms with E-state index in [9.17, 15) is 14.4 Å². The maximum Gasteiger partial charge on any atom is 0.329 e. The van der Waals surface area contributed by atoms with Crippen molar-refractivity contribution in [2.45, 2.75) is 13.8 Å². The molecule has 2 aromatic carbocycles. The molecule has 0 aliphatic heterocycles. The van der Waals surface area contributed by atoms with E-state index >= 15 is 0 Å². The Morgan fingerprint density at radius 2 is 1.69 bits per heavy atom. The van der Waals surface area contributed by atoms with Crippen LogP contribution < -0.4 is 5.32 Å². The van der Waals surface area contributed by atoms with Crippen molar-refractivity contribution in [1.82, 2.24) is 5.32 Å². The summed E-state index contributed by atoms with van der Waals surface area (Å²) in [6.07, 6.45) is 0. The van der Waals surface area contributed by atoms with Crippen molar-refractivity contribution in [3.8, 4) is 0 Å². The van der Waals surface area contributed by atoms with Gasteiger partial charge in [-0.15, -0.1) is 0 Å². The van der Waals surface area contributed by atoms with Crippen molar-refractivity contribution >= 4 is 17.7 Å². The molecule has 6 heteroatoms. The molecule has 6 nitrogen and oxygen atoms in total. The molecule has 0 unspecified atom stereocenters. The normalized spacial score (nSPS) is 10.4. The van der Waals surface area contributed by atoms with E-state index < -0.39 is 18.5 Å². The quantitative estimate of drug-likeness (QED) is 0.560. The zero-order valence-electron chi connectivity index (χ0n) is 14.7. The zero-order valence-corrected chi connectivity index (χ0v) is 14.7. The number of benzene rings is 2. The van der Waals surface area contributed by atoms with Crippen LogP contribution in [0.3, 0.4) is 0 Å². The number of aryl methyl sites for hydroxylation is 2. The number of ketones is 1. The number of ether oxygens (including phenoxy) is 1. The standard InChI is InChI=1S/C20H21NO5/c1-13-7-8-15(11-14(13)2)19(24)16-5-3-4-6-17(16)20(25)21-9-10-26-12-18(22)23/h3-8,11H,9-10,12H2,1-2H3,(H,21,25)(H,22,23). The second-order valence-electron chi connectivity index (χ2n) is 5.88. The highest BCUT2D eigenvalue weighted by Gasteiger charge is 2.18. The fourth-order valence-electron chi connectivity index (χ4n) is 2.41. The van der Waals surface area contributed by atoms with Crippen LogP contribution in [0, 0.1) is 13.8 Å². The Labute approximate surface area is 151 Å². The monoisotopic (exact) mass is 355 g/mol. The maximum absolute atomic E-state index is 12.8. The minimum Gasteiger partial charge on any atom is -0.480 e. The van der Waals surface area contributed by atoms with Gasteiger partial charge in [0, 0.05) is 17.7 Å². The Kier molecular flexibility index (Phi) is 6.63. The van der Waals surface area contributed by atoms with Crippen LogP contribution in [0.1, 0.15) is 37.4 Å². The van der Waals surface area contributed by atoms with Crippen molar-refractivity contribution in [2.75, 3.05) is 19.8 Å². The van der Waals surface area contributed by atoms with Gasteiger partial charge in [-0.1, -0.05) is 30.3 Å². The molecular formula is C20H21NO5. The molecule has 0 aliphatic carbocycles. The van der Waals surface area contributed by atoms with E-state index in [1.165, 1.54) is 0 Å². The summed E-state index contributed by atoms with van der Waals surface area (Å²) in [7, 11) is 0. The van der Waals surface area contributed by atoms with Gasteiger partial charge in [0.15, 0.2) is 5.78 Å². The van der Waals surface area contributed by atoms with Crippen molar-refractivity contribution in [1.29, 1.82) is 0 Å². The number of hydrogen-bond acceptors (Lipinski definition) is 4. The molecule has 0 atom stereocenters. The highest BCUT2D eigenvalue weighted by atomic mass is 16.5. The molecule has 26 heavy (non-hydrogen) atoms. The molecule has 0 aliphatic rings. The van der Waals surface area contributed by atoms with E-state index in [0.717, 1.165) is 11.1 Å². The summed E-state index contributed by atoms with van der Waals surface area (Å²) < 4.78 is 4.87. The Morgan fingerprint density at radius 1 is 1.00 bits per heavy atom. The van der Waals surface area contributed by atoms with E-state index in [1.807, 2.05) is 26.0 Å². The van der Waals surface area contributed by atoms with E-state index in [-0.39, 0.29) is 24.5 Å². The molecule has 136 valence electrons. The second-order valence-corrected chi connectivity index (χ2v) is 5.88. The Balaban J connectivity index is 2.11. The van der Waals surface area contributed by atoms with Crippen LogP contribution in [0.5, 0.6) is 0 Å². The second kappa shape index (κ2) is 8.92. The molecule has 1 amide bonds. The number of amides is 1. The van der Waals surface area contributed by atoms with Crippen LogP contribution in [0.25, 0.3) is 0 Å². The van der Waals surface area contributed by atoms with Crippen molar-refractivity contribution in [2.24, 2.45) is 0 Å². The minimum absolute atomic E-state index is 0.0747. The number of carboxylic acid groups (broad SMARTS) is 1. The number of hydrogen-bond donors (Lipinski definition) is 2. The van der Waals surface area contributed by atoms with E-state index in [4.69, 9.17) is 9.84 Å². The first-order valence-corrected chi connectivity index (χ1v) is 8.19. The average molecular weight is 355 g/mol. The fraction of sp³-hybridized carbons (Fsp3) is 0.250. The molecular weight excluding hydrogens is 334 g/mol. The molecule has 0 saturated heterocycles. The molecule has 2 aromatic rings.